The molecule has 1 aromatic heterocycles. The highest BCUT2D eigenvalue weighted by Crippen LogP contribution is 2.28. The Balaban J connectivity index is 1.55. The predicted molar refractivity (Wildman–Crippen MR) is 106 cm³/mol. The van der Waals surface area contributed by atoms with Crippen LogP contribution in [0.3, 0.4) is 0 Å². The summed E-state index contributed by atoms with van der Waals surface area (Å²) in [5.41, 5.74) is 3.46. The number of fused-ring (bicyclic) bond motifs is 2. The lowest BCUT2D eigenvalue weighted by Gasteiger charge is -2.26. The van der Waals surface area contributed by atoms with Crippen molar-refractivity contribution < 1.29 is 9.53 Å². The number of nitrogens with one attached hydrogen (secondary N) is 1. The van der Waals surface area contributed by atoms with Gasteiger partial charge in [-0.3, -0.25) is 4.79 Å². The van der Waals surface area contributed by atoms with E-state index in [2.05, 4.69) is 29.2 Å². The molecule has 1 aliphatic heterocycles. The van der Waals surface area contributed by atoms with Crippen molar-refractivity contribution in [3.8, 4) is 11.4 Å². The quantitative estimate of drug-likeness (QED) is 0.593. The Labute approximate surface area is 156 Å². The van der Waals surface area contributed by atoms with Crippen LogP contribution in [0.1, 0.15) is 10.4 Å². The molecule has 5 nitrogen and oxygen atoms in total. The van der Waals surface area contributed by atoms with Crippen LogP contribution in [0.4, 0.5) is 0 Å². The lowest BCUT2D eigenvalue weighted by Crippen LogP contribution is -2.40. The van der Waals surface area contributed by atoms with Crippen LogP contribution in [-0.2, 0) is 4.74 Å². The van der Waals surface area contributed by atoms with Gasteiger partial charge in [0.2, 0.25) is 0 Å². The molecule has 3 aromatic carbocycles. The molecule has 0 bridgehead atoms. The Bertz CT molecular complexity index is 1140. The van der Waals surface area contributed by atoms with Gasteiger partial charge in [0, 0.05) is 24.2 Å². The molecule has 4 aromatic rings. The van der Waals surface area contributed by atoms with E-state index in [1.165, 1.54) is 5.39 Å². The molecule has 5 heteroatoms. The summed E-state index contributed by atoms with van der Waals surface area (Å²) in [4.78, 5) is 22.7. The lowest BCUT2D eigenvalue weighted by molar-refractivity contribution is 0.0303. The first kappa shape index (κ1) is 16.0. The summed E-state index contributed by atoms with van der Waals surface area (Å²) in [7, 11) is 0. The molecule has 1 fully saturated rings. The molecular weight excluding hydrogens is 338 g/mol. The monoisotopic (exact) mass is 357 g/mol. The van der Waals surface area contributed by atoms with E-state index in [4.69, 9.17) is 9.72 Å². The number of ether oxygens (including phenoxy) is 1. The number of carbonyl (C=O) groups is 1. The zero-order valence-electron chi connectivity index (χ0n) is 14.8. The fraction of sp³-hybridized carbons (Fsp3) is 0.182. The fourth-order valence-corrected chi connectivity index (χ4v) is 3.65. The Morgan fingerprint density at radius 3 is 2.70 bits per heavy atom. The summed E-state index contributed by atoms with van der Waals surface area (Å²) in [6, 6.07) is 20.2. The minimum Gasteiger partial charge on any atom is -0.378 e. The van der Waals surface area contributed by atoms with Crippen molar-refractivity contribution in [1.82, 2.24) is 14.9 Å². The number of aromatic amines is 1. The Morgan fingerprint density at radius 2 is 1.81 bits per heavy atom. The van der Waals surface area contributed by atoms with Crippen molar-refractivity contribution in [2.45, 2.75) is 0 Å². The number of nitrogens with zero attached hydrogens (tertiary/aromatic N) is 2. The minimum atomic E-state index is 0.0370. The Hall–Kier alpha value is -3.18. The number of hydrogen-bond donors (Lipinski definition) is 1. The third-order valence-corrected chi connectivity index (χ3v) is 5.07. The van der Waals surface area contributed by atoms with Crippen LogP contribution in [0.25, 0.3) is 33.2 Å². The molecule has 1 aliphatic rings. The summed E-state index contributed by atoms with van der Waals surface area (Å²) in [5.74, 6) is 0.854. The van der Waals surface area contributed by atoms with E-state index in [0.717, 1.165) is 27.8 Å². The maximum atomic E-state index is 12.7. The van der Waals surface area contributed by atoms with Gasteiger partial charge in [-0.2, -0.15) is 0 Å². The number of rotatable bonds is 2. The summed E-state index contributed by atoms with van der Waals surface area (Å²) in [6.07, 6.45) is 0. The van der Waals surface area contributed by atoms with Crippen molar-refractivity contribution in [1.29, 1.82) is 0 Å². The maximum Gasteiger partial charge on any atom is 0.254 e. The number of hydrogen-bond acceptors (Lipinski definition) is 3. The van der Waals surface area contributed by atoms with E-state index in [9.17, 15) is 4.79 Å². The summed E-state index contributed by atoms with van der Waals surface area (Å²) in [6.45, 7) is 2.47. The van der Waals surface area contributed by atoms with E-state index < -0.39 is 0 Å². The Morgan fingerprint density at radius 1 is 1.00 bits per heavy atom. The highest BCUT2D eigenvalue weighted by molar-refractivity contribution is 5.99. The van der Waals surface area contributed by atoms with Crippen LogP contribution in [0.15, 0.2) is 60.7 Å². The van der Waals surface area contributed by atoms with Crippen molar-refractivity contribution in [2.75, 3.05) is 26.3 Å². The van der Waals surface area contributed by atoms with Crippen LogP contribution in [0.2, 0.25) is 0 Å². The van der Waals surface area contributed by atoms with Gasteiger partial charge in [0.05, 0.1) is 24.2 Å². The van der Waals surface area contributed by atoms with Crippen molar-refractivity contribution in [3.63, 3.8) is 0 Å². The van der Waals surface area contributed by atoms with Crippen LogP contribution < -0.4 is 0 Å². The SMILES string of the molecule is O=C(c1ccc2[nH]c(-c3cccc4ccccc34)nc2c1)N1CCOCC1. The van der Waals surface area contributed by atoms with Gasteiger partial charge >= 0.3 is 0 Å². The van der Waals surface area contributed by atoms with E-state index in [0.29, 0.717) is 31.9 Å². The molecule has 1 N–H and O–H groups in total. The first-order valence-corrected chi connectivity index (χ1v) is 9.14. The smallest absolute Gasteiger partial charge is 0.254 e. The molecule has 27 heavy (non-hydrogen) atoms. The average molecular weight is 357 g/mol. The largest absolute Gasteiger partial charge is 0.378 e. The number of H-pyrrole nitrogens is 1. The standard InChI is InChI=1S/C22H19N3O2/c26-22(25-10-12-27-13-11-25)16-8-9-19-20(14-16)24-21(23-19)18-7-3-5-15-4-1-2-6-17(15)18/h1-9,14H,10-13H2,(H,23,24). The average Bonchev–Trinajstić information content (AvgIpc) is 3.16. The second-order valence-corrected chi connectivity index (χ2v) is 6.75. The van der Waals surface area contributed by atoms with Crippen LogP contribution >= 0.6 is 0 Å². The zero-order chi connectivity index (χ0) is 18.2. The first-order valence-electron chi connectivity index (χ1n) is 9.14. The Kier molecular flexibility index (Phi) is 3.87. The predicted octanol–water partition coefficient (Wildman–Crippen LogP) is 3.86. The third kappa shape index (κ3) is 2.86. The van der Waals surface area contributed by atoms with Gasteiger partial charge in [-0.05, 0) is 29.0 Å². The van der Waals surface area contributed by atoms with Gasteiger partial charge < -0.3 is 14.6 Å². The van der Waals surface area contributed by atoms with Crippen molar-refractivity contribution >= 4 is 27.7 Å². The second-order valence-electron chi connectivity index (χ2n) is 6.75. The van der Waals surface area contributed by atoms with Gasteiger partial charge in [-0.1, -0.05) is 42.5 Å². The number of imidazole rings is 1. The molecule has 1 amide bonds. The molecule has 1 saturated heterocycles. The van der Waals surface area contributed by atoms with E-state index in [1.54, 1.807) is 0 Å². The van der Waals surface area contributed by atoms with Crippen LogP contribution in [0.5, 0.6) is 0 Å². The van der Waals surface area contributed by atoms with Gasteiger partial charge in [-0.25, -0.2) is 4.98 Å². The van der Waals surface area contributed by atoms with Gasteiger partial charge in [0.25, 0.3) is 5.91 Å². The molecule has 0 saturated carbocycles. The molecule has 5 rings (SSSR count). The highest BCUT2D eigenvalue weighted by Gasteiger charge is 2.19. The molecule has 0 aliphatic carbocycles. The molecule has 134 valence electrons. The number of carbonyl (C=O) groups excluding carboxylic acids is 1. The number of amides is 1. The molecule has 0 atom stereocenters. The number of morpholine rings is 1. The molecular formula is C22H19N3O2. The van der Waals surface area contributed by atoms with Crippen molar-refractivity contribution in [3.05, 3.63) is 66.2 Å². The fourth-order valence-electron chi connectivity index (χ4n) is 3.65. The normalized spacial score (nSPS) is 14.7. The highest BCUT2D eigenvalue weighted by atomic mass is 16.5. The first-order chi connectivity index (χ1) is 13.3. The summed E-state index contributed by atoms with van der Waals surface area (Å²) < 4.78 is 5.33. The second kappa shape index (κ2) is 6.52. The number of aromatic nitrogens is 2. The van der Waals surface area contributed by atoms with E-state index in [-0.39, 0.29) is 5.91 Å². The van der Waals surface area contributed by atoms with Crippen LogP contribution in [0, 0.1) is 0 Å². The summed E-state index contributed by atoms with van der Waals surface area (Å²) >= 11 is 0. The zero-order valence-corrected chi connectivity index (χ0v) is 14.8. The summed E-state index contributed by atoms with van der Waals surface area (Å²) in [5, 5.41) is 2.34. The van der Waals surface area contributed by atoms with Crippen LogP contribution in [-0.4, -0.2) is 47.1 Å². The third-order valence-electron chi connectivity index (χ3n) is 5.07. The van der Waals surface area contributed by atoms with Gasteiger partial charge in [-0.15, -0.1) is 0 Å². The molecule has 0 unspecified atom stereocenters. The molecule has 0 radical (unpaired) electrons. The van der Waals surface area contributed by atoms with E-state index >= 15 is 0 Å². The van der Waals surface area contributed by atoms with E-state index in [1.807, 2.05) is 41.3 Å². The van der Waals surface area contributed by atoms with Crippen molar-refractivity contribution in [2.24, 2.45) is 0 Å². The maximum absolute atomic E-state index is 12.7. The topological polar surface area (TPSA) is 58.2 Å². The minimum absolute atomic E-state index is 0.0370. The molecule has 2 heterocycles. The van der Waals surface area contributed by atoms with Gasteiger partial charge in [0.15, 0.2) is 0 Å². The van der Waals surface area contributed by atoms with Gasteiger partial charge in [0.1, 0.15) is 5.82 Å². The molecule has 0 spiro atoms. The lowest BCUT2D eigenvalue weighted by atomic mass is 10.0. The number of benzene rings is 3.